The average molecular weight is 288 g/mol. The highest BCUT2D eigenvalue weighted by Crippen LogP contribution is 2.25. The first kappa shape index (κ1) is 10.6. The Morgan fingerprint density at radius 3 is 2.33 bits per heavy atom. The fraction of sp³-hybridized carbons (Fsp3) is 1.00. The van der Waals surface area contributed by atoms with Crippen molar-refractivity contribution >= 4 is 22.6 Å². The molecule has 1 aliphatic rings. The summed E-state index contributed by atoms with van der Waals surface area (Å²) in [6.07, 6.45) is -3.22. The molecule has 0 aromatic rings. The molecule has 0 radical (unpaired) electrons. The van der Waals surface area contributed by atoms with E-state index in [1.54, 1.807) is 6.92 Å². The van der Waals surface area contributed by atoms with Gasteiger partial charge in [-0.3, -0.25) is 0 Å². The monoisotopic (exact) mass is 288 g/mol. The van der Waals surface area contributed by atoms with E-state index in [9.17, 15) is 15.3 Å². The number of aliphatic hydroxyl groups excluding tert-OH is 3. The van der Waals surface area contributed by atoms with Crippen LogP contribution in [0.5, 0.6) is 0 Å². The maximum atomic E-state index is 9.52. The molecule has 1 rings (SSSR count). The van der Waals surface area contributed by atoms with Gasteiger partial charge >= 0.3 is 0 Å². The predicted octanol–water partition coefficient (Wildman–Crippen LogP) is -0.503. The predicted molar refractivity (Wildman–Crippen MR) is 50.9 cm³/mol. The topological polar surface area (TPSA) is 69.9 Å². The van der Waals surface area contributed by atoms with Crippen LogP contribution in [0.15, 0.2) is 0 Å². The molecular weight excluding hydrogens is 275 g/mol. The van der Waals surface area contributed by atoms with Crippen LogP contribution in [0.25, 0.3) is 0 Å². The van der Waals surface area contributed by atoms with Gasteiger partial charge in [-0.1, -0.05) is 29.5 Å². The largest absolute Gasteiger partial charge is 0.390 e. The quantitative estimate of drug-likeness (QED) is 0.449. The Kier molecular flexibility index (Phi) is 3.72. The summed E-state index contributed by atoms with van der Waals surface area (Å²) in [5, 5.41) is 28.0. The van der Waals surface area contributed by atoms with Crippen LogP contribution in [0, 0.1) is 5.92 Å². The van der Waals surface area contributed by atoms with E-state index in [1.807, 2.05) is 0 Å². The summed E-state index contributed by atoms with van der Waals surface area (Å²) in [5.74, 6) is -0.339. The van der Waals surface area contributed by atoms with E-state index in [0.29, 0.717) is 4.43 Å². The second kappa shape index (κ2) is 4.19. The Morgan fingerprint density at radius 2 is 1.83 bits per heavy atom. The molecule has 1 aliphatic heterocycles. The summed E-state index contributed by atoms with van der Waals surface area (Å²) in [4.78, 5) is 0. The molecule has 12 heavy (non-hydrogen) atoms. The molecule has 0 aliphatic carbocycles. The lowest BCUT2D eigenvalue weighted by atomic mass is 9.91. The van der Waals surface area contributed by atoms with Crippen molar-refractivity contribution in [3.05, 3.63) is 0 Å². The van der Waals surface area contributed by atoms with Crippen LogP contribution in [0.3, 0.4) is 0 Å². The lowest BCUT2D eigenvalue weighted by molar-refractivity contribution is -0.259. The van der Waals surface area contributed by atoms with Crippen LogP contribution in [-0.4, -0.2) is 44.3 Å². The van der Waals surface area contributed by atoms with Gasteiger partial charge in [0, 0.05) is 10.3 Å². The van der Waals surface area contributed by atoms with E-state index in [-0.39, 0.29) is 12.0 Å². The molecule has 0 amide bonds. The van der Waals surface area contributed by atoms with E-state index in [4.69, 9.17) is 4.74 Å². The Labute approximate surface area is 84.7 Å². The fourth-order valence-corrected chi connectivity index (χ4v) is 2.00. The molecule has 4 nitrogen and oxygen atoms in total. The van der Waals surface area contributed by atoms with Crippen molar-refractivity contribution in [3.8, 4) is 0 Å². The van der Waals surface area contributed by atoms with Crippen LogP contribution >= 0.6 is 22.6 Å². The molecule has 5 atom stereocenters. The lowest BCUT2D eigenvalue weighted by Gasteiger charge is -2.38. The molecule has 1 heterocycles. The molecule has 0 bridgehead atoms. The van der Waals surface area contributed by atoms with Gasteiger partial charge in [-0.15, -0.1) is 0 Å². The summed E-state index contributed by atoms with van der Waals surface area (Å²) >= 11 is 2.07. The third-order valence-corrected chi connectivity index (χ3v) is 3.08. The van der Waals surface area contributed by atoms with Crippen LogP contribution < -0.4 is 0 Å². The van der Waals surface area contributed by atoms with Gasteiger partial charge in [0.2, 0.25) is 0 Å². The summed E-state index contributed by atoms with van der Waals surface area (Å²) in [7, 11) is 0. The zero-order valence-electron chi connectivity index (χ0n) is 6.72. The number of rotatable bonds is 1. The zero-order valence-corrected chi connectivity index (χ0v) is 8.88. The highest BCUT2D eigenvalue weighted by molar-refractivity contribution is 14.1. The third-order valence-electron chi connectivity index (χ3n) is 2.22. The van der Waals surface area contributed by atoms with Crippen molar-refractivity contribution in [2.75, 3.05) is 4.43 Å². The van der Waals surface area contributed by atoms with Crippen molar-refractivity contribution in [2.45, 2.75) is 31.5 Å². The van der Waals surface area contributed by atoms with Crippen molar-refractivity contribution in [3.63, 3.8) is 0 Å². The van der Waals surface area contributed by atoms with Crippen molar-refractivity contribution in [1.82, 2.24) is 0 Å². The molecule has 3 N–H and O–H groups in total. The number of hydrogen-bond acceptors (Lipinski definition) is 4. The van der Waals surface area contributed by atoms with E-state index in [2.05, 4.69) is 22.6 Å². The van der Waals surface area contributed by atoms with Crippen molar-refractivity contribution in [2.24, 2.45) is 5.92 Å². The number of halogens is 1. The molecule has 0 aromatic carbocycles. The molecular formula is C7H13IO4. The summed E-state index contributed by atoms with van der Waals surface area (Å²) in [5.41, 5.74) is 0. The van der Waals surface area contributed by atoms with Crippen LogP contribution in [0.2, 0.25) is 0 Å². The smallest absolute Gasteiger partial charge is 0.181 e. The summed E-state index contributed by atoms with van der Waals surface area (Å²) in [6.45, 7) is 1.69. The minimum absolute atomic E-state index is 0.339. The van der Waals surface area contributed by atoms with Crippen molar-refractivity contribution in [1.29, 1.82) is 0 Å². The Hall–Kier alpha value is 0.570. The second-order valence-electron chi connectivity index (χ2n) is 3.06. The highest BCUT2D eigenvalue weighted by Gasteiger charge is 2.40. The van der Waals surface area contributed by atoms with Gasteiger partial charge in [-0.05, 0) is 0 Å². The fourth-order valence-electron chi connectivity index (χ4n) is 1.27. The van der Waals surface area contributed by atoms with Gasteiger partial charge in [-0.25, -0.2) is 0 Å². The van der Waals surface area contributed by atoms with Gasteiger partial charge in [0.1, 0.15) is 6.10 Å². The average Bonchev–Trinajstić information content (AvgIpc) is 2.08. The molecule has 0 aromatic heterocycles. The first-order chi connectivity index (χ1) is 5.57. The zero-order chi connectivity index (χ0) is 9.30. The van der Waals surface area contributed by atoms with Gasteiger partial charge in [0.25, 0.3) is 0 Å². The minimum Gasteiger partial charge on any atom is -0.390 e. The van der Waals surface area contributed by atoms with E-state index < -0.39 is 18.5 Å². The van der Waals surface area contributed by atoms with E-state index in [1.165, 1.54) is 0 Å². The standard InChI is InChI=1S/C7H13IO4/c1-3-5(9)4(2-8)12-7(11)6(3)10/h3-7,9-11H,2H2,1H3/t3-,4+,5+,6+,7?/m1/s1. The number of ether oxygens (including phenoxy) is 1. The lowest BCUT2D eigenvalue weighted by Crippen LogP contribution is -2.53. The molecule has 5 heteroatoms. The molecule has 0 spiro atoms. The maximum absolute atomic E-state index is 9.52. The molecule has 1 fully saturated rings. The van der Waals surface area contributed by atoms with Gasteiger partial charge < -0.3 is 20.1 Å². The summed E-state index contributed by atoms with van der Waals surface area (Å²) in [6, 6.07) is 0. The Balaban J connectivity index is 2.63. The van der Waals surface area contributed by atoms with Crippen LogP contribution in [-0.2, 0) is 4.74 Å². The first-order valence-electron chi connectivity index (χ1n) is 3.83. The number of hydrogen-bond donors (Lipinski definition) is 3. The normalized spacial score (nSPS) is 49.2. The number of aliphatic hydroxyl groups is 3. The van der Waals surface area contributed by atoms with Gasteiger partial charge in [-0.2, -0.15) is 0 Å². The van der Waals surface area contributed by atoms with Gasteiger partial charge in [0.15, 0.2) is 6.29 Å². The summed E-state index contributed by atoms with van der Waals surface area (Å²) < 4.78 is 5.58. The maximum Gasteiger partial charge on any atom is 0.181 e. The van der Waals surface area contributed by atoms with Crippen molar-refractivity contribution < 1.29 is 20.1 Å². The van der Waals surface area contributed by atoms with E-state index >= 15 is 0 Å². The second-order valence-corrected chi connectivity index (χ2v) is 3.94. The highest BCUT2D eigenvalue weighted by atomic mass is 127. The van der Waals surface area contributed by atoms with E-state index in [0.717, 1.165) is 0 Å². The number of alkyl halides is 1. The first-order valence-corrected chi connectivity index (χ1v) is 5.36. The molecule has 0 saturated carbocycles. The Bertz CT molecular complexity index is 150. The Morgan fingerprint density at radius 1 is 1.25 bits per heavy atom. The minimum atomic E-state index is -1.16. The SMILES string of the molecule is C[C@@H]1[C@H](O)[C@H](CI)OC(O)[C@H]1O. The molecule has 1 saturated heterocycles. The van der Waals surface area contributed by atoms with Crippen LogP contribution in [0.4, 0.5) is 0 Å². The van der Waals surface area contributed by atoms with Gasteiger partial charge in [0.05, 0.1) is 12.2 Å². The molecule has 1 unspecified atom stereocenters. The third kappa shape index (κ3) is 1.90. The molecule has 72 valence electrons. The van der Waals surface area contributed by atoms with Crippen LogP contribution in [0.1, 0.15) is 6.92 Å².